The summed E-state index contributed by atoms with van der Waals surface area (Å²) in [5, 5.41) is 6.42. The maximum absolute atomic E-state index is 11.8. The molecule has 0 bridgehead atoms. The molecule has 1 aliphatic carbocycles. The second-order valence-corrected chi connectivity index (χ2v) is 7.11. The van der Waals surface area contributed by atoms with Crippen molar-refractivity contribution in [2.24, 2.45) is 10.9 Å². The van der Waals surface area contributed by atoms with Crippen LogP contribution in [0, 0.1) is 5.92 Å². The highest BCUT2D eigenvalue weighted by atomic mass is 127. The second kappa shape index (κ2) is 12.6. The molecule has 2 fully saturated rings. The summed E-state index contributed by atoms with van der Waals surface area (Å²) >= 11 is 0. The average Bonchev–Trinajstić information content (AvgIpc) is 3.37. The lowest BCUT2D eigenvalue weighted by Gasteiger charge is -2.27. The fourth-order valence-electron chi connectivity index (χ4n) is 3.72. The van der Waals surface area contributed by atoms with Crippen molar-refractivity contribution in [3.05, 3.63) is 0 Å². The minimum absolute atomic E-state index is 0. The van der Waals surface area contributed by atoms with E-state index in [1.165, 1.54) is 6.42 Å². The van der Waals surface area contributed by atoms with E-state index in [1.54, 1.807) is 0 Å². The molecule has 1 saturated heterocycles. The number of halogens is 1. The number of nitrogens with zero attached hydrogens (tertiary/aromatic N) is 3. The Balaban J connectivity index is 0.00000364. The number of rotatable bonds is 9. The summed E-state index contributed by atoms with van der Waals surface area (Å²) in [5.41, 5.74) is 0. The minimum Gasteiger partial charge on any atom is -0.450 e. The molecule has 2 rings (SSSR count). The van der Waals surface area contributed by atoms with Crippen molar-refractivity contribution in [1.29, 1.82) is 0 Å². The molecular weight excluding hydrogens is 457 g/mol. The van der Waals surface area contributed by atoms with Gasteiger partial charge in [-0.1, -0.05) is 13.8 Å². The first-order valence-electron chi connectivity index (χ1n) is 10.3. The van der Waals surface area contributed by atoms with Gasteiger partial charge in [-0.25, -0.2) is 4.79 Å². The summed E-state index contributed by atoms with van der Waals surface area (Å²) in [7, 11) is 0. The van der Waals surface area contributed by atoms with Crippen molar-refractivity contribution in [2.75, 3.05) is 45.9 Å². The van der Waals surface area contributed by atoms with Crippen LogP contribution in [0.3, 0.4) is 0 Å². The monoisotopic (exact) mass is 495 g/mol. The third-order valence-electron chi connectivity index (χ3n) is 5.33. The Morgan fingerprint density at radius 3 is 2.48 bits per heavy atom. The number of amides is 1. The molecule has 0 spiro atoms. The van der Waals surface area contributed by atoms with E-state index in [4.69, 9.17) is 9.73 Å². The fourth-order valence-corrected chi connectivity index (χ4v) is 3.72. The Morgan fingerprint density at radius 2 is 1.93 bits per heavy atom. The summed E-state index contributed by atoms with van der Waals surface area (Å²) in [5.74, 6) is 1.51. The maximum Gasteiger partial charge on any atom is 0.407 e. The highest BCUT2D eigenvalue weighted by molar-refractivity contribution is 14.0. The lowest BCUT2D eigenvalue weighted by molar-refractivity contribution is 0.147. The molecule has 7 nitrogen and oxygen atoms in total. The van der Waals surface area contributed by atoms with E-state index in [0.29, 0.717) is 25.1 Å². The summed E-state index contributed by atoms with van der Waals surface area (Å²) in [4.78, 5) is 21.5. The van der Waals surface area contributed by atoms with Gasteiger partial charge >= 0.3 is 6.09 Å². The van der Waals surface area contributed by atoms with E-state index in [1.807, 2.05) is 6.92 Å². The first-order valence-corrected chi connectivity index (χ1v) is 10.3. The minimum atomic E-state index is -0.327. The smallest absolute Gasteiger partial charge is 0.407 e. The molecular formula is C19H38IN5O2. The Labute approximate surface area is 181 Å². The number of alkyl carbamates (subject to hydrolysis) is 1. The van der Waals surface area contributed by atoms with Crippen LogP contribution >= 0.6 is 24.0 Å². The van der Waals surface area contributed by atoms with Crippen LogP contribution in [0.15, 0.2) is 4.99 Å². The zero-order chi connectivity index (χ0) is 18.9. The molecule has 0 radical (unpaired) electrons. The second-order valence-electron chi connectivity index (χ2n) is 7.11. The Morgan fingerprint density at radius 1 is 1.22 bits per heavy atom. The van der Waals surface area contributed by atoms with Crippen molar-refractivity contribution in [3.8, 4) is 0 Å². The van der Waals surface area contributed by atoms with E-state index in [2.05, 4.69) is 41.2 Å². The molecule has 158 valence electrons. The quantitative estimate of drug-likeness (QED) is 0.292. The molecule has 27 heavy (non-hydrogen) atoms. The van der Waals surface area contributed by atoms with Gasteiger partial charge in [-0.2, -0.15) is 0 Å². The van der Waals surface area contributed by atoms with Gasteiger partial charge in [0.25, 0.3) is 0 Å². The zero-order valence-electron chi connectivity index (χ0n) is 17.4. The van der Waals surface area contributed by atoms with Crippen molar-refractivity contribution in [3.63, 3.8) is 0 Å². The summed E-state index contributed by atoms with van der Waals surface area (Å²) in [6.45, 7) is 14.5. The molecule has 2 N–H and O–H groups in total. The van der Waals surface area contributed by atoms with E-state index < -0.39 is 0 Å². The molecule has 2 atom stereocenters. The normalized spacial score (nSPS) is 21.0. The van der Waals surface area contributed by atoms with Gasteiger partial charge in [-0.15, -0.1) is 24.0 Å². The number of carbonyl (C=O) groups excluding carboxylic acids is 1. The van der Waals surface area contributed by atoms with Crippen LogP contribution in [-0.4, -0.2) is 79.8 Å². The van der Waals surface area contributed by atoms with Crippen molar-refractivity contribution in [2.45, 2.75) is 59.0 Å². The highest BCUT2D eigenvalue weighted by Crippen LogP contribution is 2.32. The van der Waals surface area contributed by atoms with Gasteiger partial charge < -0.3 is 20.3 Å². The fraction of sp³-hybridized carbons (Fsp3) is 0.895. The molecule has 2 aliphatic rings. The van der Waals surface area contributed by atoms with Crippen LogP contribution in [0.25, 0.3) is 0 Å². The number of hydrogen-bond donors (Lipinski definition) is 2. The van der Waals surface area contributed by atoms with Crippen LogP contribution in [0.4, 0.5) is 4.79 Å². The molecule has 1 heterocycles. The van der Waals surface area contributed by atoms with Gasteiger partial charge in [-0.05, 0) is 52.1 Å². The van der Waals surface area contributed by atoms with Gasteiger partial charge in [0.2, 0.25) is 0 Å². The van der Waals surface area contributed by atoms with Crippen molar-refractivity contribution < 1.29 is 9.53 Å². The summed E-state index contributed by atoms with van der Waals surface area (Å²) in [6.07, 6.45) is 3.18. The third-order valence-corrected chi connectivity index (χ3v) is 5.33. The van der Waals surface area contributed by atoms with Crippen LogP contribution in [0.2, 0.25) is 0 Å². The van der Waals surface area contributed by atoms with Gasteiger partial charge in [0.05, 0.1) is 19.2 Å². The van der Waals surface area contributed by atoms with Gasteiger partial charge in [0.1, 0.15) is 0 Å². The molecule has 1 saturated carbocycles. The van der Waals surface area contributed by atoms with Gasteiger partial charge in [0, 0.05) is 25.7 Å². The van der Waals surface area contributed by atoms with Crippen LogP contribution < -0.4 is 10.6 Å². The third kappa shape index (κ3) is 7.63. The van der Waals surface area contributed by atoms with Crippen LogP contribution in [0.1, 0.15) is 47.0 Å². The summed E-state index contributed by atoms with van der Waals surface area (Å²) < 4.78 is 5.04. The van der Waals surface area contributed by atoms with Gasteiger partial charge in [0.15, 0.2) is 5.96 Å². The van der Waals surface area contributed by atoms with Crippen molar-refractivity contribution >= 4 is 36.0 Å². The van der Waals surface area contributed by atoms with E-state index in [0.717, 1.165) is 51.5 Å². The number of likely N-dealkylation sites (tertiary alicyclic amines) is 1. The van der Waals surface area contributed by atoms with Crippen molar-refractivity contribution in [1.82, 2.24) is 20.4 Å². The lowest BCUT2D eigenvalue weighted by atomic mass is 10.2. The average molecular weight is 495 g/mol. The number of hydrogen-bond acceptors (Lipinski definition) is 4. The largest absolute Gasteiger partial charge is 0.450 e. The maximum atomic E-state index is 11.8. The Hall–Kier alpha value is -0.770. The van der Waals surface area contributed by atoms with E-state index >= 15 is 0 Å². The summed E-state index contributed by atoms with van der Waals surface area (Å²) in [6, 6.07) is 0.676. The standard InChI is InChI=1S/C19H37N5O2.HI/c1-5-20-18(24-12-11-16(14-24)23(6-2)7-3)21-13-17(15-9-10-15)22-19(25)26-8-4;/h15-17H,5-14H2,1-4H3,(H,20,21)(H,22,25);1H. The molecule has 0 aromatic heterocycles. The highest BCUT2D eigenvalue weighted by Gasteiger charge is 2.33. The predicted molar refractivity (Wildman–Crippen MR) is 121 cm³/mol. The number of aliphatic imine (C=N–C) groups is 1. The van der Waals surface area contributed by atoms with E-state index in [9.17, 15) is 4.79 Å². The number of ether oxygens (including phenoxy) is 1. The molecule has 8 heteroatoms. The molecule has 2 unspecified atom stereocenters. The number of guanidine groups is 1. The Bertz CT molecular complexity index is 469. The predicted octanol–water partition coefficient (Wildman–Crippen LogP) is 2.51. The first-order chi connectivity index (χ1) is 12.6. The van der Waals surface area contributed by atoms with Gasteiger partial charge in [-0.3, -0.25) is 9.89 Å². The lowest BCUT2D eigenvalue weighted by Crippen LogP contribution is -2.44. The SMILES string of the molecule is CCNC(=NCC(NC(=O)OCC)C1CC1)N1CCC(N(CC)CC)C1.I. The molecule has 0 aromatic carbocycles. The molecule has 1 amide bonds. The molecule has 0 aromatic rings. The first kappa shape index (κ1) is 24.3. The topological polar surface area (TPSA) is 69.2 Å². The van der Waals surface area contributed by atoms with Crippen LogP contribution in [-0.2, 0) is 4.74 Å². The number of likely N-dealkylation sites (N-methyl/N-ethyl adjacent to an activating group) is 1. The molecule has 1 aliphatic heterocycles. The number of nitrogens with one attached hydrogen (secondary N) is 2. The Kier molecular flexibility index (Phi) is 11.4. The number of carbonyl (C=O) groups is 1. The van der Waals surface area contributed by atoms with Crippen LogP contribution in [0.5, 0.6) is 0 Å². The zero-order valence-corrected chi connectivity index (χ0v) is 19.7. The van der Waals surface area contributed by atoms with E-state index in [-0.39, 0.29) is 36.1 Å².